The van der Waals surface area contributed by atoms with Crippen LogP contribution in [0.25, 0.3) is 0 Å². The van der Waals surface area contributed by atoms with E-state index >= 15 is 0 Å². The predicted molar refractivity (Wildman–Crippen MR) is 93.4 cm³/mol. The minimum Gasteiger partial charge on any atom is -0.379 e. The fraction of sp³-hybridized carbons (Fsp3) is 0.450. The minimum absolute atomic E-state index is 0.683. The predicted octanol–water partition coefficient (Wildman–Crippen LogP) is 5.28. The van der Waals surface area contributed by atoms with E-state index in [-0.39, 0.29) is 0 Å². The number of aromatic nitrogens is 1. The van der Waals surface area contributed by atoms with E-state index in [0.29, 0.717) is 5.92 Å². The van der Waals surface area contributed by atoms with Crippen molar-refractivity contribution in [3.63, 3.8) is 0 Å². The first-order chi connectivity index (χ1) is 10.6. The van der Waals surface area contributed by atoms with E-state index in [4.69, 9.17) is 4.98 Å². The van der Waals surface area contributed by atoms with Crippen LogP contribution in [-0.2, 0) is 6.54 Å². The highest BCUT2D eigenvalue weighted by Gasteiger charge is 2.18. The number of aryl methyl sites for hydroxylation is 3. The molecule has 1 N–H and O–H groups in total. The third kappa shape index (κ3) is 3.32. The van der Waals surface area contributed by atoms with Crippen LogP contribution in [0.15, 0.2) is 30.3 Å². The summed E-state index contributed by atoms with van der Waals surface area (Å²) >= 11 is 0. The average Bonchev–Trinajstić information content (AvgIpc) is 3.00. The monoisotopic (exact) mass is 294 g/mol. The molecule has 0 bridgehead atoms. The quantitative estimate of drug-likeness (QED) is 0.830. The fourth-order valence-electron chi connectivity index (χ4n) is 3.68. The molecular weight excluding hydrogens is 268 g/mol. The number of hydrogen-bond donors (Lipinski definition) is 1. The molecule has 1 fully saturated rings. The largest absolute Gasteiger partial charge is 0.379 e. The lowest BCUT2D eigenvalue weighted by molar-refractivity contribution is 0.692. The summed E-state index contributed by atoms with van der Waals surface area (Å²) < 4.78 is 0. The number of nitrogens with zero attached hydrogens (tertiary/aromatic N) is 1. The first-order valence-corrected chi connectivity index (χ1v) is 8.41. The number of rotatable bonds is 4. The van der Waals surface area contributed by atoms with Crippen LogP contribution in [0.5, 0.6) is 0 Å². The van der Waals surface area contributed by atoms with E-state index in [2.05, 4.69) is 56.4 Å². The van der Waals surface area contributed by atoms with Gasteiger partial charge in [-0.2, -0.15) is 0 Å². The van der Waals surface area contributed by atoms with Crippen LogP contribution < -0.4 is 5.32 Å². The molecule has 2 nitrogen and oxygen atoms in total. The third-order valence-electron chi connectivity index (χ3n) is 4.73. The summed E-state index contributed by atoms with van der Waals surface area (Å²) in [4.78, 5) is 4.88. The molecule has 2 aromatic rings. The lowest BCUT2D eigenvalue weighted by Crippen LogP contribution is -2.07. The Morgan fingerprint density at radius 2 is 1.73 bits per heavy atom. The van der Waals surface area contributed by atoms with Gasteiger partial charge in [-0.25, -0.2) is 0 Å². The molecule has 3 rings (SSSR count). The second-order valence-electron chi connectivity index (χ2n) is 6.66. The van der Waals surface area contributed by atoms with Crippen LogP contribution in [-0.4, -0.2) is 4.98 Å². The standard InChI is InChI=1S/C20H26N2/c1-14-11-15(2)20(16(3)12-14)21-13-18-9-6-10-19(22-18)17-7-4-5-8-17/h6,9-12,17,21H,4-5,7-8,13H2,1-3H3. The van der Waals surface area contributed by atoms with Crippen molar-refractivity contribution in [1.82, 2.24) is 4.98 Å². The molecule has 0 saturated heterocycles. The van der Waals surface area contributed by atoms with Gasteiger partial charge in [0.2, 0.25) is 0 Å². The van der Waals surface area contributed by atoms with Gasteiger partial charge in [-0.1, -0.05) is 36.6 Å². The first kappa shape index (κ1) is 15.1. The number of pyridine rings is 1. The van der Waals surface area contributed by atoms with Crippen LogP contribution in [0.2, 0.25) is 0 Å². The number of anilines is 1. The Kier molecular flexibility index (Phi) is 4.47. The Morgan fingerprint density at radius 3 is 2.41 bits per heavy atom. The van der Waals surface area contributed by atoms with Crippen molar-refractivity contribution in [3.8, 4) is 0 Å². The first-order valence-electron chi connectivity index (χ1n) is 8.41. The molecule has 0 atom stereocenters. The molecule has 1 heterocycles. The van der Waals surface area contributed by atoms with Gasteiger partial charge >= 0.3 is 0 Å². The molecule has 0 radical (unpaired) electrons. The molecule has 1 aliphatic carbocycles. The Balaban J connectivity index is 1.73. The van der Waals surface area contributed by atoms with E-state index in [1.165, 1.54) is 53.8 Å². The van der Waals surface area contributed by atoms with Gasteiger partial charge in [0.15, 0.2) is 0 Å². The molecule has 116 valence electrons. The van der Waals surface area contributed by atoms with Crippen molar-refractivity contribution < 1.29 is 0 Å². The van der Waals surface area contributed by atoms with E-state index in [1.807, 2.05) is 0 Å². The fourth-order valence-corrected chi connectivity index (χ4v) is 3.68. The molecule has 2 heteroatoms. The van der Waals surface area contributed by atoms with Crippen molar-refractivity contribution in [1.29, 1.82) is 0 Å². The van der Waals surface area contributed by atoms with Crippen molar-refractivity contribution in [3.05, 3.63) is 58.4 Å². The minimum atomic E-state index is 0.683. The van der Waals surface area contributed by atoms with Crippen LogP contribution in [0, 0.1) is 20.8 Å². The van der Waals surface area contributed by atoms with Gasteiger partial charge in [-0.05, 0) is 56.9 Å². The maximum Gasteiger partial charge on any atom is 0.0598 e. The molecule has 22 heavy (non-hydrogen) atoms. The molecule has 0 aliphatic heterocycles. The molecular formula is C20H26N2. The van der Waals surface area contributed by atoms with Crippen LogP contribution in [0.4, 0.5) is 5.69 Å². The summed E-state index contributed by atoms with van der Waals surface area (Å²) in [6.07, 6.45) is 5.33. The Labute approximate surface area is 134 Å². The Morgan fingerprint density at radius 1 is 1.05 bits per heavy atom. The zero-order valence-corrected chi connectivity index (χ0v) is 13.9. The van der Waals surface area contributed by atoms with E-state index < -0.39 is 0 Å². The summed E-state index contributed by atoms with van der Waals surface area (Å²) in [5, 5.41) is 3.58. The van der Waals surface area contributed by atoms with Crippen LogP contribution >= 0.6 is 0 Å². The molecule has 0 spiro atoms. The SMILES string of the molecule is Cc1cc(C)c(NCc2cccc(C3CCCC3)n2)c(C)c1. The van der Waals surface area contributed by atoms with Crippen LogP contribution in [0.1, 0.15) is 59.7 Å². The highest BCUT2D eigenvalue weighted by molar-refractivity contribution is 5.58. The second kappa shape index (κ2) is 6.51. The molecule has 1 aromatic carbocycles. The number of nitrogens with one attached hydrogen (secondary N) is 1. The highest BCUT2D eigenvalue weighted by Crippen LogP contribution is 2.33. The van der Waals surface area contributed by atoms with E-state index in [1.54, 1.807) is 0 Å². The normalized spacial score (nSPS) is 15.2. The summed E-state index contributed by atoms with van der Waals surface area (Å²) in [5.41, 5.74) is 7.62. The van der Waals surface area contributed by atoms with Gasteiger partial charge in [0, 0.05) is 17.3 Å². The molecule has 1 saturated carbocycles. The van der Waals surface area contributed by atoms with Gasteiger partial charge in [-0.15, -0.1) is 0 Å². The molecule has 1 aromatic heterocycles. The summed E-state index contributed by atoms with van der Waals surface area (Å²) in [5.74, 6) is 0.683. The van der Waals surface area contributed by atoms with E-state index in [9.17, 15) is 0 Å². The Bertz CT molecular complexity index is 632. The Hall–Kier alpha value is -1.83. The zero-order valence-electron chi connectivity index (χ0n) is 13.9. The van der Waals surface area contributed by atoms with Crippen LogP contribution in [0.3, 0.4) is 0 Å². The van der Waals surface area contributed by atoms with Crippen molar-refractivity contribution in [2.75, 3.05) is 5.32 Å². The van der Waals surface area contributed by atoms with Gasteiger partial charge in [0.05, 0.1) is 12.2 Å². The summed E-state index contributed by atoms with van der Waals surface area (Å²) in [6, 6.07) is 11.0. The number of hydrogen-bond acceptors (Lipinski definition) is 2. The maximum absolute atomic E-state index is 4.88. The van der Waals surface area contributed by atoms with E-state index in [0.717, 1.165) is 12.2 Å². The van der Waals surface area contributed by atoms with Gasteiger partial charge < -0.3 is 5.32 Å². The molecule has 0 amide bonds. The van der Waals surface area contributed by atoms with Crippen molar-refractivity contribution in [2.24, 2.45) is 0 Å². The van der Waals surface area contributed by atoms with Gasteiger partial charge in [0.25, 0.3) is 0 Å². The third-order valence-corrected chi connectivity index (χ3v) is 4.73. The highest BCUT2D eigenvalue weighted by atomic mass is 14.9. The molecule has 1 aliphatic rings. The average molecular weight is 294 g/mol. The lowest BCUT2D eigenvalue weighted by Gasteiger charge is -2.15. The molecule has 0 unspecified atom stereocenters. The van der Waals surface area contributed by atoms with Gasteiger partial charge in [0.1, 0.15) is 0 Å². The maximum atomic E-state index is 4.88. The number of benzene rings is 1. The smallest absolute Gasteiger partial charge is 0.0598 e. The lowest BCUT2D eigenvalue weighted by atomic mass is 10.0. The topological polar surface area (TPSA) is 24.9 Å². The summed E-state index contributed by atoms with van der Waals surface area (Å²) in [7, 11) is 0. The summed E-state index contributed by atoms with van der Waals surface area (Å²) in [6.45, 7) is 7.29. The second-order valence-corrected chi connectivity index (χ2v) is 6.66. The zero-order chi connectivity index (χ0) is 15.5. The van der Waals surface area contributed by atoms with Crippen molar-refractivity contribution in [2.45, 2.75) is 58.9 Å². The van der Waals surface area contributed by atoms with Gasteiger partial charge in [-0.3, -0.25) is 4.98 Å². The van der Waals surface area contributed by atoms with Crippen molar-refractivity contribution >= 4 is 5.69 Å².